The van der Waals surface area contributed by atoms with Gasteiger partial charge in [-0.25, -0.2) is 8.42 Å². The van der Waals surface area contributed by atoms with Crippen molar-refractivity contribution in [3.8, 4) is 11.5 Å². The average molecular weight is 383 g/mol. The number of hydrogen-bond donors (Lipinski definition) is 0. The Bertz CT molecular complexity index is 830. The maximum absolute atomic E-state index is 10.9. The van der Waals surface area contributed by atoms with E-state index >= 15 is 0 Å². The minimum Gasteiger partial charge on any atom is -0.748 e. The van der Waals surface area contributed by atoms with Crippen molar-refractivity contribution in [2.75, 3.05) is 17.2 Å². The summed E-state index contributed by atoms with van der Waals surface area (Å²) >= 11 is 0. The fourth-order valence-electron chi connectivity index (χ4n) is 3.05. The minimum atomic E-state index is -4.21. The van der Waals surface area contributed by atoms with Crippen molar-refractivity contribution in [1.29, 1.82) is 0 Å². The van der Waals surface area contributed by atoms with Crippen LogP contribution in [0.4, 0.5) is 11.4 Å². The third-order valence-electron chi connectivity index (χ3n) is 4.44. The molecule has 134 valence electrons. The first kappa shape index (κ1) is 21.3. The van der Waals surface area contributed by atoms with Crippen LogP contribution in [0.3, 0.4) is 0 Å². The summed E-state index contributed by atoms with van der Waals surface area (Å²) in [5, 5.41) is 0. The molecule has 2 aromatic carbocycles. The van der Waals surface area contributed by atoms with Crippen LogP contribution in [0.25, 0.3) is 0 Å². The molecule has 7 heteroatoms. The second kappa shape index (κ2) is 8.76. The molecule has 0 unspecified atom stereocenters. The first-order valence-electron chi connectivity index (χ1n) is 8.56. The van der Waals surface area contributed by atoms with E-state index in [2.05, 4.69) is 13.8 Å². The molecule has 0 aromatic heterocycles. The van der Waals surface area contributed by atoms with E-state index in [-0.39, 0.29) is 41.7 Å². The molecule has 26 heavy (non-hydrogen) atoms. The molecule has 0 bridgehead atoms. The third-order valence-corrected chi connectivity index (χ3v) is 5.23. The van der Waals surface area contributed by atoms with Gasteiger partial charge in [0.1, 0.15) is 0 Å². The van der Waals surface area contributed by atoms with Crippen LogP contribution < -0.4 is 39.2 Å². The summed E-state index contributed by atoms with van der Waals surface area (Å²) in [7, 11) is -4.21. The Morgan fingerprint density at radius 3 is 1.88 bits per heavy atom. The van der Waals surface area contributed by atoms with E-state index in [1.807, 2.05) is 41.3 Å². The van der Waals surface area contributed by atoms with Gasteiger partial charge in [-0.05, 0) is 54.7 Å². The van der Waals surface area contributed by atoms with E-state index in [0.29, 0.717) is 6.54 Å². The molecule has 1 heterocycles. The van der Waals surface area contributed by atoms with E-state index in [4.69, 9.17) is 4.74 Å². The molecule has 1 aliphatic heterocycles. The quantitative estimate of drug-likeness (QED) is 0.550. The van der Waals surface area contributed by atoms with E-state index in [1.165, 1.54) is 11.1 Å². The van der Waals surface area contributed by atoms with Crippen LogP contribution in [0.1, 0.15) is 31.4 Å². The topological polar surface area (TPSA) is 69.7 Å². The number of nitrogens with zero attached hydrogens (tertiary/aromatic N) is 1. The van der Waals surface area contributed by atoms with E-state index in [9.17, 15) is 13.0 Å². The van der Waals surface area contributed by atoms with Crippen molar-refractivity contribution in [2.45, 2.75) is 33.1 Å². The standard InChI is InChI=1S/C19H23NO4S.Na/c1-3-14-6-8-16-18(12-14)24-19-13-15(4-2)7-9-17(19)20(16)10-5-11-25(21,22)23;/h6-9,12-13H,3-5,10-11H2,1-2H3,(H,21,22,23);/q;+1/p-1. The SMILES string of the molecule is CCc1ccc2c(c1)Oc1cc(CC)ccc1N2CCCS(=O)(=O)[O-].[Na+]. The van der Waals surface area contributed by atoms with Crippen LogP contribution >= 0.6 is 0 Å². The summed E-state index contributed by atoms with van der Waals surface area (Å²) in [5.74, 6) is 1.17. The Morgan fingerprint density at radius 1 is 0.962 bits per heavy atom. The van der Waals surface area contributed by atoms with Crippen molar-refractivity contribution in [2.24, 2.45) is 0 Å². The second-order valence-electron chi connectivity index (χ2n) is 6.18. The molecule has 0 aliphatic carbocycles. The summed E-state index contributed by atoms with van der Waals surface area (Å²) in [4.78, 5) is 2.04. The van der Waals surface area contributed by atoms with Gasteiger partial charge in [0.25, 0.3) is 0 Å². The molecule has 2 aromatic rings. The number of fused-ring (bicyclic) bond motifs is 2. The van der Waals surface area contributed by atoms with Crippen molar-refractivity contribution in [1.82, 2.24) is 0 Å². The van der Waals surface area contributed by atoms with E-state index in [0.717, 1.165) is 35.7 Å². The van der Waals surface area contributed by atoms with Gasteiger partial charge in [0.15, 0.2) is 11.5 Å². The van der Waals surface area contributed by atoms with Gasteiger partial charge in [0.2, 0.25) is 0 Å². The Balaban J connectivity index is 0.00000243. The first-order chi connectivity index (χ1) is 11.9. The number of rotatable bonds is 6. The van der Waals surface area contributed by atoms with Crippen LogP contribution in [-0.2, 0) is 23.0 Å². The predicted molar refractivity (Wildman–Crippen MR) is 97.9 cm³/mol. The Morgan fingerprint density at radius 2 is 1.46 bits per heavy atom. The van der Waals surface area contributed by atoms with Gasteiger partial charge in [0, 0.05) is 12.3 Å². The summed E-state index contributed by atoms with van der Waals surface area (Å²) < 4.78 is 38.9. The Hall–Kier alpha value is -1.05. The normalized spacial score (nSPS) is 12.7. The maximum Gasteiger partial charge on any atom is 1.00 e. The summed E-state index contributed by atoms with van der Waals surface area (Å²) in [6, 6.07) is 12.1. The minimum absolute atomic E-state index is 0. The summed E-state index contributed by atoms with van der Waals surface area (Å²) in [6.07, 6.45) is 2.09. The number of anilines is 2. The van der Waals surface area contributed by atoms with Gasteiger partial charge in [-0.15, -0.1) is 0 Å². The Kier molecular flexibility index (Phi) is 7.16. The second-order valence-corrected chi connectivity index (χ2v) is 7.70. The summed E-state index contributed by atoms with van der Waals surface area (Å²) in [6.45, 7) is 4.62. The number of hydrogen-bond acceptors (Lipinski definition) is 5. The van der Waals surface area contributed by atoms with Gasteiger partial charge in [0.05, 0.1) is 21.5 Å². The van der Waals surface area contributed by atoms with Gasteiger partial charge >= 0.3 is 29.6 Å². The van der Waals surface area contributed by atoms with Gasteiger partial charge in [-0.3, -0.25) is 0 Å². The molecule has 0 atom stereocenters. The zero-order valence-electron chi connectivity index (χ0n) is 15.5. The van der Waals surface area contributed by atoms with Crippen LogP contribution in [-0.4, -0.2) is 25.3 Å². The van der Waals surface area contributed by atoms with Gasteiger partial charge < -0.3 is 14.2 Å². The van der Waals surface area contributed by atoms with Gasteiger partial charge in [-0.2, -0.15) is 0 Å². The molecule has 5 nitrogen and oxygen atoms in total. The largest absolute Gasteiger partial charge is 1.00 e. The summed E-state index contributed by atoms with van der Waals surface area (Å²) in [5.41, 5.74) is 4.15. The fourth-order valence-corrected chi connectivity index (χ4v) is 3.54. The van der Waals surface area contributed by atoms with E-state index in [1.54, 1.807) is 0 Å². The molecule has 0 saturated heterocycles. The first-order valence-corrected chi connectivity index (χ1v) is 10.1. The number of ether oxygens (including phenoxy) is 1. The molecular formula is C19H22NNaO4S. The predicted octanol–water partition coefficient (Wildman–Crippen LogP) is 0.994. The average Bonchev–Trinajstić information content (AvgIpc) is 2.59. The van der Waals surface area contributed by atoms with Crippen molar-refractivity contribution in [3.05, 3.63) is 47.5 Å². The van der Waals surface area contributed by atoms with Crippen LogP contribution in [0.5, 0.6) is 11.5 Å². The molecule has 0 spiro atoms. The molecule has 0 radical (unpaired) electrons. The zero-order valence-corrected chi connectivity index (χ0v) is 18.3. The molecule has 0 N–H and O–H groups in total. The van der Waals surface area contributed by atoms with Crippen molar-refractivity contribution < 1.29 is 47.3 Å². The maximum atomic E-state index is 10.9. The molecule has 0 saturated carbocycles. The number of aryl methyl sites for hydroxylation is 2. The smallest absolute Gasteiger partial charge is 0.748 e. The van der Waals surface area contributed by atoms with E-state index < -0.39 is 10.1 Å². The molecular weight excluding hydrogens is 361 g/mol. The van der Waals surface area contributed by atoms with Crippen LogP contribution in [0.2, 0.25) is 0 Å². The molecule has 0 amide bonds. The fraction of sp³-hybridized carbons (Fsp3) is 0.368. The molecule has 3 rings (SSSR count). The third kappa shape index (κ3) is 4.81. The van der Waals surface area contributed by atoms with Crippen LogP contribution in [0, 0.1) is 0 Å². The monoisotopic (exact) mass is 383 g/mol. The molecule has 0 fully saturated rings. The zero-order chi connectivity index (χ0) is 18.0. The Labute approximate surface area is 177 Å². The van der Waals surface area contributed by atoms with Crippen LogP contribution in [0.15, 0.2) is 36.4 Å². The molecule has 1 aliphatic rings. The van der Waals surface area contributed by atoms with Crippen molar-refractivity contribution >= 4 is 21.5 Å². The number of benzene rings is 2. The van der Waals surface area contributed by atoms with Crippen molar-refractivity contribution in [3.63, 3.8) is 0 Å². The van der Waals surface area contributed by atoms with Gasteiger partial charge in [-0.1, -0.05) is 26.0 Å².